The minimum absolute atomic E-state index is 0.922. The first-order valence-corrected chi connectivity index (χ1v) is 30.2. The summed E-state index contributed by atoms with van der Waals surface area (Å²) >= 11 is 0. The topological polar surface area (TPSA) is 686 Å². The van der Waals surface area contributed by atoms with Gasteiger partial charge in [-0.1, -0.05) is 0 Å². The third kappa shape index (κ3) is 16.2. The van der Waals surface area contributed by atoms with Crippen molar-refractivity contribution in [1.82, 2.24) is 0 Å². The van der Waals surface area contributed by atoms with E-state index in [2.05, 4.69) is 0 Å². The Morgan fingerprint density at radius 1 is 0.240 bits per heavy atom. The van der Waals surface area contributed by atoms with Crippen molar-refractivity contribution in [2.45, 2.75) is 246 Å². The zero-order valence-corrected chi connectivity index (χ0v) is 50.1. The Labute approximate surface area is 540 Å². The summed E-state index contributed by atoms with van der Waals surface area (Å²) in [4.78, 5) is 23.5. The van der Waals surface area contributed by atoms with Crippen LogP contribution in [0.1, 0.15) is 0 Å². The van der Waals surface area contributed by atoms with Gasteiger partial charge in [-0.3, -0.25) is 0 Å². The summed E-state index contributed by atoms with van der Waals surface area (Å²) in [5, 5.41) is 265. The van der Waals surface area contributed by atoms with Crippen LogP contribution in [0.3, 0.4) is 0 Å². The van der Waals surface area contributed by atoms with E-state index in [1.165, 1.54) is 0 Å². The molecule has 0 amide bonds. The maximum Gasteiger partial charge on any atom is 0.329 e. The Bertz CT molecular complexity index is 2410. The van der Waals surface area contributed by atoms with E-state index in [4.69, 9.17) is 85.3 Å². The molecule has 0 aromatic rings. The number of hydrogen-bond donors (Lipinski definition) is 24. The molecular formula is C52H84O44. The smallest absolute Gasteiger partial charge is 0.329 e. The van der Waals surface area contributed by atoms with Crippen LogP contribution < -0.4 is 0 Å². The number of ether oxygens (including phenoxy) is 18. The average molecular weight is 1410 g/mol. The molecule has 556 valence electrons. The third-order valence-electron chi connectivity index (χ3n) is 17.6. The normalized spacial score (nSPS) is 51.6. The van der Waals surface area contributed by atoms with Gasteiger partial charge in [0.05, 0.1) is 52.9 Å². The Hall–Kier alpha value is -2.66. The lowest BCUT2D eigenvalue weighted by atomic mass is 9.94. The highest BCUT2D eigenvalue weighted by molar-refractivity contribution is 5.68. The van der Waals surface area contributed by atoms with Crippen LogP contribution in [0.15, 0.2) is 0 Å². The molecular weight excluding hydrogens is 1330 g/mol. The number of carbonyl (C=O) groups is 2. The molecule has 40 atom stereocenters. The molecule has 30 fully saturated rings. The molecule has 0 aliphatic carbocycles. The summed E-state index contributed by atoms with van der Waals surface area (Å²) in [6.45, 7) is -11.2. The maximum absolute atomic E-state index is 12.0. The molecule has 44 heteroatoms. The molecule has 44 nitrogen and oxygen atoms in total. The lowest BCUT2D eigenvalue weighted by Gasteiger charge is -2.51. The predicted molar refractivity (Wildman–Crippen MR) is 284 cm³/mol. The predicted octanol–water partition coefficient (Wildman–Crippen LogP) is -17.2. The van der Waals surface area contributed by atoms with Gasteiger partial charge in [0, 0.05) is 0 Å². The van der Waals surface area contributed by atoms with Crippen LogP contribution in [-0.4, -0.2) is 446 Å². The average Bonchev–Trinajstić information content (AvgIpc) is 0.782. The molecule has 30 heterocycles. The van der Waals surface area contributed by atoms with Crippen molar-refractivity contribution in [3.8, 4) is 0 Å². The van der Waals surface area contributed by atoms with Gasteiger partial charge < -0.3 is 208 Å². The summed E-state index contributed by atoms with van der Waals surface area (Å²) in [7, 11) is 0. The Balaban J connectivity index is 1.01. The van der Waals surface area contributed by atoms with Crippen LogP contribution in [0.5, 0.6) is 0 Å². The van der Waals surface area contributed by atoms with E-state index in [1.807, 2.05) is 0 Å². The number of hydrogen-bond acceptors (Lipinski definition) is 42. The van der Waals surface area contributed by atoms with Crippen LogP contribution in [0.4, 0.5) is 0 Å². The Kier molecular flexibility index (Phi) is 27.2. The van der Waals surface area contributed by atoms with Gasteiger partial charge in [-0.25, -0.2) is 9.59 Å². The molecule has 0 aromatic heterocycles. The van der Waals surface area contributed by atoms with Gasteiger partial charge in [0.15, 0.2) is 50.3 Å². The summed E-state index contributed by atoms with van der Waals surface area (Å²) in [5.41, 5.74) is 0. The molecule has 0 aromatic carbocycles. The van der Waals surface area contributed by atoms with Gasteiger partial charge in [0.25, 0.3) is 0 Å². The van der Waals surface area contributed by atoms with Gasteiger partial charge in [-0.2, -0.15) is 0 Å². The van der Waals surface area contributed by atoms with Crippen molar-refractivity contribution in [3.63, 3.8) is 0 Å². The van der Waals surface area contributed by atoms with Crippen LogP contribution in [0, 0.1) is 0 Å². The van der Waals surface area contributed by atoms with Crippen LogP contribution in [0.25, 0.3) is 0 Å². The van der Waals surface area contributed by atoms with Crippen molar-refractivity contribution in [3.05, 3.63) is 0 Å². The molecule has 30 saturated heterocycles. The van der Waals surface area contributed by atoms with Crippen LogP contribution in [-0.2, 0) is 94.9 Å². The van der Waals surface area contributed by atoms with Crippen molar-refractivity contribution >= 4 is 11.9 Å². The molecule has 30 rings (SSSR count). The lowest BCUT2D eigenvalue weighted by Crippen LogP contribution is -2.69. The fourth-order valence-corrected chi connectivity index (χ4v) is 12.5. The fourth-order valence-electron chi connectivity index (χ4n) is 12.5. The number of carboxylic acids is 2. The first-order chi connectivity index (χ1) is 45.6. The van der Waals surface area contributed by atoms with E-state index >= 15 is 0 Å². The van der Waals surface area contributed by atoms with Gasteiger partial charge in [0.2, 0.25) is 0 Å². The first kappa shape index (κ1) is 77.5. The summed E-state index contributed by atoms with van der Waals surface area (Å²) < 4.78 is 103. The van der Waals surface area contributed by atoms with Gasteiger partial charge >= 0.3 is 11.9 Å². The summed E-state index contributed by atoms with van der Waals surface area (Å²) in [5.74, 6) is -3.24. The second-order valence-electron chi connectivity index (χ2n) is 23.9. The minimum atomic E-state index is -2.37. The number of aliphatic carboxylic acids is 2. The molecule has 0 unspecified atom stereocenters. The largest absolute Gasteiger partial charge is 0.480 e. The summed E-state index contributed by atoms with van der Waals surface area (Å²) in [6.07, 6.45) is -84.5. The number of aliphatic hydroxyl groups excluding tert-OH is 22. The molecule has 0 saturated carbocycles. The minimum Gasteiger partial charge on any atom is -0.480 e. The zero-order chi connectivity index (χ0) is 70.0. The van der Waals surface area contributed by atoms with E-state index in [0.29, 0.717) is 0 Å². The molecule has 0 spiro atoms. The van der Waals surface area contributed by atoms with Crippen molar-refractivity contribution in [1.29, 1.82) is 0 Å². The monoisotopic (exact) mass is 1410 g/mol. The second-order valence-corrected chi connectivity index (χ2v) is 23.9. The molecule has 30 aliphatic heterocycles. The third-order valence-corrected chi connectivity index (χ3v) is 17.6. The fraction of sp³-hybridized carbons (Fsp3) is 0.962. The molecule has 96 heavy (non-hydrogen) atoms. The quantitative estimate of drug-likeness (QED) is 0.0768. The van der Waals surface area contributed by atoms with E-state index in [1.54, 1.807) is 0 Å². The van der Waals surface area contributed by atoms with Crippen LogP contribution in [0.2, 0.25) is 0 Å². The van der Waals surface area contributed by atoms with E-state index in [0.717, 1.165) is 0 Å². The van der Waals surface area contributed by atoms with E-state index in [-0.39, 0.29) is 0 Å². The Morgan fingerprint density at radius 3 is 0.625 bits per heavy atom. The van der Waals surface area contributed by atoms with Crippen molar-refractivity contribution in [2.75, 3.05) is 66.1 Å². The van der Waals surface area contributed by atoms with E-state index < -0.39 is 324 Å². The van der Waals surface area contributed by atoms with Crippen LogP contribution >= 0.6 is 0 Å². The summed E-state index contributed by atoms with van der Waals surface area (Å²) in [6, 6.07) is 0. The molecule has 24 N–H and O–H groups in total. The molecule has 30 aliphatic rings. The SMILES string of the molecule is O=C(O)COC[C@H]1O[C@@H]2O[C@H]3[C@H](O)[C@@H](O)[C@@H](O[C@H]4[C@H](O)[C@@H](O)[C@@H](O[C@H]5[C@H](O)[C@@H](O)[C@@H](O[C@H]6[C@H](O)[C@@H](O)[C@@H](O[C@H]7[C@H](O)[C@@H](O)[C@@H](O[C@H]8[C@H](O)[C@@H](O)[C@@H](O[C@H]9[C@H](O)[C@@H](O)[C@@H](O[C@H]1[C@H](O)[C@H]2OCC(=O)O)O[C@@H]9CO)O[C@@H]8CO)O[C@@H]7CO)O[C@@H]6CO)O[C@@H]5CO)O[C@@H]4CO)O[C@@H]3CO. The van der Waals surface area contributed by atoms with E-state index in [9.17, 15) is 132 Å². The second kappa shape index (κ2) is 33.6. The van der Waals surface area contributed by atoms with Crippen molar-refractivity contribution < 1.29 is 217 Å². The van der Waals surface area contributed by atoms with Crippen molar-refractivity contribution in [2.24, 2.45) is 0 Å². The standard InChI is InChI=1S/C52H84O44/c53-1-11-36-21(64)28(71)45(81-11)89-37-12(2-54)82-47(29(72)22(37)65)91-39-14(4-56)84-49(31(74)24(39)67)93-41-16(6-58)86-51(33(76)26(41)69)95-43-18(8-79-9-19(60)61)88-52(44(35(43)78)80-10-20(62)63)96-42-17(7-59)87-50(34(77)27(42)70)94-40-15(5-57)85-48(32(75)25(40)68)92-38-13(3-55)83-46(90-36)30(73)23(38)66/h11-18,21-59,64-78H,1-10H2,(H,60,61)(H,62,63)/t11-,12-,13-,14-,15-,16-,17-,18-,21-,22-,23-,24-,25-,26-,27-,28-,29-,30-,31-,32-,33-,34-,35+,36-,37-,38-,39-,40-,41-,42-,43-,44-,45-,46-,47-,48-,49-,50-,51-,52-/m1/s1. The zero-order valence-electron chi connectivity index (χ0n) is 50.1. The Morgan fingerprint density at radius 2 is 0.427 bits per heavy atom. The first-order valence-electron chi connectivity index (χ1n) is 30.2. The number of rotatable bonds is 14. The van der Waals surface area contributed by atoms with Gasteiger partial charge in [0.1, 0.15) is 209 Å². The number of carboxylic acid groups (broad SMARTS) is 2. The highest BCUT2D eigenvalue weighted by Crippen LogP contribution is 2.40. The number of aliphatic hydroxyl groups is 22. The highest BCUT2D eigenvalue weighted by Gasteiger charge is 2.61. The molecule has 0 radical (unpaired) electrons. The van der Waals surface area contributed by atoms with Gasteiger partial charge in [-0.05, 0) is 0 Å². The lowest BCUT2D eigenvalue weighted by molar-refractivity contribution is -0.404. The highest BCUT2D eigenvalue weighted by atomic mass is 16.8. The maximum atomic E-state index is 12.0. The molecule has 16 bridgehead atoms. The van der Waals surface area contributed by atoms with Gasteiger partial charge in [-0.15, -0.1) is 0 Å².